The summed E-state index contributed by atoms with van der Waals surface area (Å²) in [5.41, 5.74) is 0.0472. The van der Waals surface area contributed by atoms with Crippen LogP contribution in [0.3, 0.4) is 0 Å². The van der Waals surface area contributed by atoms with E-state index in [1.54, 1.807) is 0 Å². The van der Waals surface area contributed by atoms with Gasteiger partial charge in [0, 0.05) is 6.07 Å². The minimum Gasteiger partial charge on any atom is -0.494 e. The molecule has 0 atom stereocenters. The molecule has 1 fully saturated rings. The lowest BCUT2D eigenvalue weighted by atomic mass is 9.77. The fourth-order valence-electron chi connectivity index (χ4n) is 2.64. The maximum Gasteiger partial charge on any atom is 0.123 e. The Kier molecular flexibility index (Phi) is 5.72. The van der Waals surface area contributed by atoms with Crippen molar-refractivity contribution in [1.82, 2.24) is 5.32 Å². The lowest BCUT2D eigenvalue weighted by Gasteiger charge is -2.42. The van der Waals surface area contributed by atoms with Gasteiger partial charge in [0.1, 0.15) is 17.1 Å². The largest absolute Gasteiger partial charge is 0.494 e. The maximum atomic E-state index is 6.29. The van der Waals surface area contributed by atoms with Gasteiger partial charge < -0.3 is 14.8 Å². The minimum absolute atomic E-state index is 0.0472. The number of ether oxygens (including phenoxy) is 2. The molecule has 0 spiro atoms. The van der Waals surface area contributed by atoms with Crippen LogP contribution in [0.15, 0.2) is 24.3 Å². The summed E-state index contributed by atoms with van der Waals surface area (Å²) in [6.45, 7) is 7.02. The van der Waals surface area contributed by atoms with Crippen LogP contribution in [0.2, 0.25) is 0 Å². The quantitative estimate of drug-likeness (QED) is 0.697. The third-order valence-electron chi connectivity index (χ3n) is 3.90. The van der Waals surface area contributed by atoms with Crippen molar-refractivity contribution < 1.29 is 9.47 Å². The number of rotatable bonds is 9. The lowest BCUT2D eigenvalue weighted by molar-refractivity contribution is -0.0143. The van der Waals surface area contributed by atoms with Crippen LogP contribution in [0.5, 0.6) is 11.5 Å². The molecule has 0 bridgehead atoms. The molecule has 1 aliphatic rings. The van der Waals surface area contributed by atoms with E-state index in [0.717, 1.165) is 31.0 Å². The number of nitrogens with one attached hydrogen (secondary N) is 1. The van der Waals surface area contributed by atoms with E-state index in [0.29, 0.717) is 6.61 Å². The summed E-state index contributed by atoms with van der Waals surface area (Å²) >= 11 is 0. The molecular formula is C17H27NO2. The highest BCUT2D eigenvalue weighted by atomic mass is 16.5. The Balaban J connectivity index is 1.90. The molecule has 1 saturated carbocycles. The molecule has 112 valence electrons. The van der Waals surface area contributed by atoms with Gasteiger partial charge in [-0.15, -0.1) is 0 Å². The number of hydrogen-bond donors (Lipinski definition) is 1. The van der Waals surface area contributed by atoms with Crippen LogP contribution >= 0.6 is 0 Å². The molecule has 20 heavy (non-hydrogen) atoms. The molecule has 0 amide bonds. The number of hydrogen-bond acceptors (Lipinski definition) is 3. The van der Waals surface area contributed by atoms with E-state index in [4.69, 9.17) is 9.47 Å². The Hall–Kier alpha value is -1.22. The van der Waals surface area contributed by atoms with Gasteiger partial charge in [0.2, 0.25) is 0 Å². The lowest BCUT2D eigenvalue weighted by Crippen LogP contribution is -2.45. The molecule has 3 heteroatoms. The first kappa shape index (κ1) is 15.2. The van der Waals surface area contributed by atoms with Gasteiger partial charge in [-0.05, 0) is 64.3 Å². The van der Waals surface area contributed by atoms with Crippen LogP contribution in [0.1, 0.15) is 46.0 Å². The predicted octanol–water partition coefficient (Wildman–Crippen LogP) is 3.78. The van der Waals surface area contributed by atoms with Crippen LogP contribution in [0.25, 0.3) is 0 Å². The summed E-state index contributed by atoms with van der Waals surface area (Å²) in [5, 5.41) is 3.47. The van der Waals surface area contributed by atoms with Crippen molar-refractivity contribution in [1.29, 1.82) is 0 Å². The van der Waals surface area contributed by atoms with Gasteiger partial charge in [0.25, 0.3) is 0 Å². The van der Waals surface area contributed by atoms with E-state index >= 15 is 0 Å². The Morgan fingerprint density at radius 1 is 1.15 bits per heavy atom. The molecule has 1 aromatic rings. The van der Waals surface area contributed by atoms with Gasteiger partial charge >= 0.3 is 0 Å². The molecule has 2 rings (SSSR count). The molecule has 1 N–H and O–H groups in total. The maximum absolute atomic E-state index is 6.29. The Morgan fingerprint density at radius 3 is 2.60 bits per heavy atom. The Labute approximate surface area is 122 Å². The predicted molar refractivity (Wildman–Crippen MR) is 82.6 cm³/mol. The second-order valence-electron chi connectivity index (χ2n) is 5.55. The molecule has 0 unspecified atom stereocenters. The highest BCUT2D eigenvalue weighted by Gasteiger charge is 2.38. The summed E-state index contributed by atoms with van der Waals surface area (Å²) in [7, 11) is 0. The highest BCUT2D eigenvalue weighted by Crippen LogP contribution is 2.39. The average Bonchev–Trinajstić information content (AvgIpc) is 2.41. The van der Waals surface area contributed by atoms with Crippen LogP contribution in [0.4, 0.5) is 0 Å². The van der Waals surface area contributed by atoms with Crippen LogP contribution in [-0.2, 0) is 0 Å². The molecular weight excluding hydrogens is 250 g/mol. The molecule has 3 nitrogen and oxygen atoms in total. The second kappa shape index (κ2) is 7.53. The summed E-state index contributed by atoms with van der Waals surface area (Å²) in [6, 6.07) is 8.01. The van der Waals surface area contributed by atoms with E-state index < -0.39 is 0 Å². The zero-order valence-electron chi connectivity index (χ0n) is 12.8. The Morgan fingerprint density at radius 2 is 1.95 bits per heavy atom. The Bertz CT molecular complexity index is 402. The van der Waals surface area contributed by atoms with Crippen molar-refractivity contribution in [2.24, 2.45) is 0 Å². The first-order chi connectivity index (χ1) is 9.78. The monoisotopic (exact) mass is 277 g/mol. The fraction of sp³-hybridized carbons (Fsp3) is 0.647. The molecule has 0 aromatic heterocycles. The summed E-state index contributed by atoms with van der Waals surface area (Å²) in [6.07, 6.45) is 5.88. The molecule has 1 aliphatic carbocycles. The molecule has 0 aliphatic heterocycles. The highest BCUT2D eigenvalue weighted by molar-refractivity contribution is 5.33. The van der Waals surface area contributed by atoms with Gasteiger partial charge in [-0.25, -0.2) is 0 Å². The fourth-order valence-corrected chi connectivity index (χ4v) is 2.64. The normalized spacial score (nSPS) is 16.5. The van der Waals surface area contributed by atoms with Gasteiger partial charge in [-0.1, -0.05) is 13.0 Å². The third kappa shape index (κ3) is 4.14. The van der Waals surface area contributed by atoms with Crippen LogP contribution < -0.4 is 14.8 Å². The van der Waals surface area contributed by atoms with Crippen molar-refractivity contribution in [2.45, 2.75) is 51.6 Å². The molecule has 0 radical (unpaired) electrons. The van der Waals surface area contributed by atoms with Crippen LogP contribution in [0, 0.1) is 0 Å². The van der Waals surface area contributed by atoms with Gasteiger partial charge in [0.15, 0.2) is 0 Å². The van der Waals surface area contributed by atoms with E-state index in [9.17, 15) is 0 Å². The van der Waals surface area contributed by atoms with E-state index in [2.05, 4.69) is 12.2 Å². The zero-order valence-corrected chi connectivity index (χ0v) is 12.8. The van der Waals surface area contributed by atoms with Gasteiger partial charge in [0.05, 0.1) is 6.61 Å². The molecule has 0 heterocycles. The van der Waals surface area contributed by atoms with Crippen molar-refractivity contribution in [3.63, 3.8) is 0 Å². The van der Waals surface area contributed by atoms with Crippen LogP contribution in [-0.4, -0.2) is 25.3 Å². The zero-order chi connectivity index (χ0) is 14.3. The topological polar surface area (TPSA) is 30.5 Å². The second-order valence-corrected chi connectivity index (χ2v) is 5.55. The smallest absolute Gasteiger partial charge is 0.123 e. The van der Waals surface area contributed by atoms with Crippen molar-refractivity contribution in [3.05, 3.63) is 24.3 Å². The summed E-state index contributed by atoms with van der Waals surface area (Å²) in [4.78, 5) is 0. The van der Waals surface area contributed by atoms with E-state index in [1.807, 2.05) is 31.2 Å². The van der Waals surface area contributed by atoms with Gasteiger partial charge in [-0.3, -0.25) is 0 Å². The first-order valence-corrected chi connectivity index (χ1v) is 7.90. The van der Waals surface area contributed by atoms with Crippen molar-refractivity contribution >= 4 is 0 Å². The third-order valence-corrected chi connectivity index (χ3v) is 3.90. The molecule has 0 saturated heterocycles. The minimum atomic E-state index is 0.0472. The summed E-state index contributed by atoms with van der Waals surface area (Å²) in [5.74, 6) is 1.83. The summed E-state index contributed by atoms with van der Waals surface area (Å²) < 4.78 is 11.8. The van der Waals surface area contributed by atoms with Crippen molar-refractivity contribution in [3.8, 4) is 11.5 Å². The van der Waals surface area contributed by atoms with Crippen molar-refractivity contribution in [2.75, 3.05) is 19.7 Å². The standard InChI is InChI=1S/C17H27NO2/c1-3-12-18-13-11-17(9-6-10-17)20-16-8-5-7-15(14-16)19-4-2/h5,7-8,14,18H,3-4,6,9-13H2,1-2H3. The number of benzene rings is 1. The van der Waals surface area contributed by atoms with E-state index in [-0.39, 0.29) is 5.60 Å². The van der Waals surface area contributed by atoms with Gasteiger partial charge in [-0.2, -0.15) is 0 Å². The molecule has 1 aromatic carbocycles. The SMILES string of the molecule is CCCNCCC1(Oc2cccc(OCC)c2)CCC1. The average molecular weight is 277 g/mol. The first-order valence-electron chi connectivity index (χ1n) is 7.90. The van der Waals surface area contributed by atoms with E-state index in [1.165, 1.54) is 25.7 Å².